The molecule has 1 aliphatic heterocycles. The molecule has 2 heterocycles. The van der Waals surface area contributed by atoms with Crippen molar-refractivity contribution in [3.05, 3.63) is 18.0 Å². The first-order valence-corrected chi connectivity index (χ1v) is 8.20. The Morgan fingerprint density at radius 1 is 1.39 bits per heavy atom. The number of Topliss-reactive ketones (excluding diaryl/α,β-unsaturated/α-hetero) is 1. The Balaban J connectivity index is 1.88. The van der Waals surface area contributed by atoms with Crippen LogP contribution in [-0.4, -0.2) is 45.2 Å². The SMILES string of the molecule is CC(C)n1ccc(CC(=O)C2CCN(C(=O)OC(C)(C)C)C2)n1. The average Bonchev–Trinajstić information content (AvgIpc) is 3.05. The van der Waals surface area contributed by atoms with E-state index in [4.69, 9.17) is 4.74 Å². The van der Waals surface area contributed by atoms with Crippen LogP contribution < -0.4 is 0 Å². The predicted octanol–water partition coefficient (Wildman–Crippen LogP) is 2.83. The summed E-state index contributed by atoms with van der Waals surface area (Å²) in [4.78, 5) is 26.1. The Bertz CT molecular complexity index is 572. The molecule has 0 spiro atoms. The van der Waals surface area contributed by atoms with E-state index in [-0.39, 0.29) is 23.8 Å². The first-order valence-electron chi connectivity index (χ1n) is 8.20. The molecule has 1 aromatic rings. The standard InChI is InChI=1S/C17H27N3O3/c1-12(2)20-9-7-14(18-20)10-15(21)13-6-8-19(11-13)16(22)23-17(3,4)5/h7,9,12-13H,6,8,10-11H2,1-5H3. The zero-order valence-electron chi connectivity index (χ0n) is 14.7. The largest absolute Gasteiger partial charge is 0.444 e. The van der Waals surface area contributed by atoms with Crippen LogP contribution in [0.25, 0.3) is 0 Å². The Hall–Kier alpha value is -1.85. The van der Waals surface area contributed by atoms with Gasteiger partial charge in [-0.1, -0.05) is 0 Å². The van der Waals surface area contributed by atoms with Gasteiger partial charge in [0.15, 0.2) is 0 Å². The van der Waals surface area contributed by atoms with Crippen LogP contribution in [0.2, 0.25) is 0 Å². The van der Waals surface area contributed by atoms with Crippen molar-refractivity contribution in [1.82, 2.24) is 14.7 Å². The maximum Gasteiger partial charge on any atom is 0.410 e. The fraction of sp³-hybridized carbons (Fsp3) is 0.706. The van der Waals surface area contributed by atoms with Gasteiger partial charge in [0, 0.05) is 31.2 Å². The van der Waals surface area contributed by atoms with Crippen LogP contribution in [0.1, 0.15) is 52.8 Å². The van der Waals surface area contributed by atoms with Gasteiger partial charge < -0.3 is 9.64 Å². The van der Waals surface area contributed by atoms with Crippen molar-refractivity contribution in [2.75, 3.05) is 13.1 Å². The van der Waals surface area contributed by atoms with Crippen molar-refractivity contribution in [1.29, 1.82) is 0 Å². The van der Waals surface area contributed by atoms with Gasteiger partial charge in [-0.25, -0.2) is 4.79 Å². The van der Waals surface area contributed by atoms with Gasteiger partial charge in [-0.3, -0.25) is 9.48 Å². The van der Waals surface area contributed by atoms with E-state index in [9.17, 15) is 9.59 Å². The molecule has 1 saturated heterocycles. The van der Waals surface area contributed by atoms with Gasteiger partial charge in [0.1, 0.15) is 11.4 Å². The van der Waals surface area contributed by atoms with E-state index in [1.165, 1.54) is 0 Å². The van der Waals surface area contributed by atoms with E-state index in [1.807, 2.05) is 51.6 Å². The molecule has 1 fully saturated rings. The van der Waals surface area contributed by atoms with Crippen LogP contribution in [0.5, 0.6) is 0 Å². The van der Waals surface area contributed by atoms with E-state index >= 15 is 0 Å². The third kappa shape index (κ3) is 4.81. The minimum Gasteiger partial charge on any atom is -0.444 e. The number of ether oxygens (including phenoxy) is 1. The average molecular weight is 321 g/mol. The lowest BCUT2D eigenvalue weighted by molar-refractivity contribution is -0.121. The molecule has 0 radical (unpaired) electrons. The highest BCUT2D eigenvalue weighted by Crippen LogP contribution is 2.21. The topological polar surface area (TPSA) is 64.4 Å². The molecule has 0 aliphatic carbocycles. The van der Waals surface area contributed by atoms with Crippen molar-refractivity contribution < 1.29 is 14.3 Å². The summed E-state index contributed by atoms with van der Waals surface area (Å²) in [6.07, 6.45) is 2.58. The van der Waals surface area contributed by atoms with Crippen LogP contribution >= 0.6 is 0 Å². The molecule has 0 saturated carbocycles. The molecule has 1 unspecified atom stereocenters. The van der Waals surface area contributed by atoms with Crippen molar-refractivity contribution in [2.24, 2.45) is 5.92 Å². The minimum atomic E-state index is -0.511. The van der Waals surface area contributed by atoms with Crippen LogP contribution in [-0.2, 0) is 16.0 Å². The molecule has 0 bridgehead atoms. The first-order chi connectivity index (χ1) is 10.7. The quantitative estimate of drug-likeness (QED) is 0.855. The smallest absolute Gasteiger partial charge is 0.410 e. The van der Waals surface area contributed by atoms with Crippen LogP contribution in [0, 0.1) is 5.92 Å². The molecule has 2 rings (SSSR count). The summed E-state index contributed by atoms with van der Waals surface area (Å²) in [6, 6.07) is 2.17. The molecule has 23 heavy (non-hydrogen) atoms. The molecule has 0 aromatic carbocycles. The highest BCUT2D eigenvalue weighted by molar-refractivity contribution is 5.84. The maximum absolute atomic E-state index is 12.4. The third-order valence-electron chi connectivity index (χ3n) is 3.84. The van der Waals surface area contributed by atoms with Gasteiger partial charge >= 0.3 is 6.09 Å². The van der Waals surface area contributed by atoms with Crippen LogP contribution in [0.3, 0.4) is 0 Å². The van der Waals surface area contributed by atoms with Gasteiger partial charge in [0.2, 0.25) is 0 Å². The van der Waals surface area contributed by atoms with Gasteiger partial charge in [-0.15, -0.1) is 0 Å². The molecule has 1 aliphatic rings. The summed E-state index contributed by atoms with van der Waals surface area (Å²) < 4.78 is 7.21. The minimum absolute atomic E-state index is 0.119. The predicted molar refractivity (Wildman–Crippen MR) is 87.2 cm³/mol. The molecule has 6 nitrogen and oxygen atoms in total. The number of hydrogen-bond acceptors (Lipinski definition) is 4. The number of ketones is 1. The maximum atomic E-state index is 12.4. The zero-order valence-corrected chi connectivity index (χ0v) is 14.7. The number of aromatic nitrogens is 2. The molecule has 1 amide bonds. The van der Waals surface area contributed by atoms with E-state index in [2.05, 4.69) is 5.10 Å². The van der Waals surface area contributed by atoms with Crippen molar-refractivity contribution in [3.63, 3.8) is 0 Å². The Labute approximate surface area is 137 Å². The number of carbonyl (C=O) groups excluding carboxylic acids is 2. The normalized spacial score (nSPS) is 18.5. The molecule has 128 valence electrons. The van der Waals surface area contributed by atoms with E-state index in [1.54, 1.807) is 4.90 Å². The van der Waals surface area contributed by atoms with E-state index < -0.39 is 5.60 Å². The van der Waals surface area contributed by atoms with Gasteiger partial charge in [-0.2, -0.15) is 5.10 Å². The van der Waals surface area contributed by atoms with Crippen molar-refractivity contribution >= 4 is 11.9 Å². The first kappa shape index (κ1) is 17.5. The molecule has 0 N–H and O–H groups in total. The summed E-state index contributed by atoms with van der Waals surface area (Å²) in [5.41, 5.74) is 0.280. The Morgan fingerprint density at radius 3 is 2.65 bits per heavy atom. The molecule has 1 atom stereocenters. The highest BCUT2D eigenvalue weighted by Gasteiger charge is 2.33. The second-order valence-corrected chi connectivity index (χ2v) is 7.44. The second-order valence-electron chi connectivity index (χ2n) is 7.44. The molecule has 6 heteroatoms. The zero-order chi connectivity index (χ0) is 17.2. The number of carbonyl (C=O) groups is 2. The lowest BCUT2D eigenvalue weighted by Crippen LogP contribution is -2.36. The number of rotatable bonds is 4. The summed E-state index contributed by atoms with van der Waals surface area (Å²) in [7, 11) is 0. The molecular formula is C17H27N3O3. The van der Waals surface area contributed by atoms with Crippen LogP contribution in [0.15, 0.2) is 12.3 Å². The second kappa shape index (κ2) is 6.72. The highest BCUT2D eigenvalue weighted by atomic mass is 16.6. The Morgan fingerprint density at radius 2 is 2.09 bits per heavy atom. The fourth-order valence-electron chi connectivity index (χ4n) is 2.60. The monoisotopic (exact) mass is 321 g/mol. The lowest BCUT2D eigenvalue weighted by Gasteiger charge is -2.24. The fourth-order valence-corrected chi connectivity index (χ4v) is 2.60. The third-order valence-corrected chi connectivity index (χ3v) is 3.84. The lowest BCUT2D eigenvalue weighted by atomic mass is 10.00. The van der Waals surface area contributed by atoms with Gasteiger partial charge in [-0.05, 0) is 47.1 Å². The number of likely N-dealkylation sites (tertiary alicyclic amines) is 1. The summed E-state index contributed by atoms with van der Waals surface area (Å²) in [5, 5.41) is 4.41. The summed E-state index contributed by atoms with van der Waals surface area (Å²) in [5.74, 6) is 0.0248. The van der Waals surface area contributed by atoms with Crippen LogP contribution in [0.4, 0.5) is 4.79 Å². The molecular weight excluding hydrogens is 294 g/mol. The summed E-state index contributed by atoms with van der Waals surface area (Å²) >= 11 is 0. The van der Waals surface area contributed by atoms with Crippen molar-refractivity contribution in [2.45, 2.75) is 59.1 Å². The Kier molecular flexibility index (Phi) is 5.12. The molecule has 1 aromatic heterocycles. The number of hydrogen-bond donors (Lipinski definition) is 0. The van der Waals surface area contributed by atoms with Crippen molar-refractivity contribution in [3.8, 4) is 0 Å². The van der Waals surface area contributed by atoms with E-state index in [0.29, 0.717) is 25.9 Å². The van der Waals surface area contributed by atoms with E-state index in [0.717, 1.165) is 5.69 Å². The summed E-state index contributed by atoms with van der Waals surface area (Å²) in [6.45, 7) is 10.6. The number of amides is 1. The van der Waals surface area contributed by atoms with Gasteiger partial charge in [0.25, 0.3) is 0 Å². The van der Waals surface area contributed by atoms with Gasteiger partial charge in [0.05, 0.1) is 12.1 Å². The number of nitrogens with zero attached hydrogens (tertiary/aromatic N) is 3.